The molecular formula is C21H18N2O5S. The molecule has 3 heterocycles. The molecule has 148 valence electrons. The summed E-state index contributed by atoms with van der Waals surface area (Å²) < 4.78 is 11.0. The second-order valence-electron chi connectivity index (χ2n) is 6.40. The lowest BCUT2D eigenvalue weighted by atomic mass is 9.95. The summed E-state index contributed by atoms with van der Waals surface area (Å²) >= 11 is 1.24. The molecule has 1 N–H and O–H groups in total. The van der Waals surface area contributed by atoms with Crippen molar-refractivity contribution in [1.82, 2.24) is 4.98 Å². The van der Waals surface area contributed by atoms with Gasteiger partial charge in [-0.3, -0.25) is 14.5 Å². The number of ketones is 1. The number of aliphatic hydroxyl groups excluding tert-OH is 1. The molecule has 3 aromatic rings. The van der Waals surface area contributed by atoms with Crippen molar-refractivity contribution < 1.29 is 23.8 Å². The van der Waals surface area contributed by atoms with Gasteiger partial charge >= 0.3 is 0 Å². The van der Waals surface area contributed by atoms with Crippen LogP contribution in [-0.4, -0.2) is 28.4 Å². The normalized spacial score (nSPS) is 16.6. The van der Waals surface area contributed by atoms with E-state index in [1.807, 2.05) is 6.92 Å². The predicted octanol–water partition coefficient (Wildman–Crippen LogP) is 4.23. The third-order valence-electron chi connectivity index (χ3n) is 4.53. The summed E-state index contributed by atoms with van der Waals surface area (Å²) in [5, 5.41) is 12.7. The molecule has 4 rings (SSSR count). The van der Waals surface area contributed by atoms with E-state index in [1.54, 1.807) is 48.8 Å². The first-order valence-electron chi connectivity index (χ1n) is 9.01. The van der Waals surface area contributed by atoms with Crippen LogP contribution in [0.4, 0.5) is 5.13 Å². The van der Waals surface area contributed by atoms with Gasteiger partial charge in [0.15, 0.2) is 16.7 Å². The molecule has 1 atom stereocenters. The largest absolute Gasteiger partial charge is 0.503 e. The minimum atomic E-state index is -0.855. The maximum absolute atomic E-state index is 13.2. The van der Waals surface area contributed by atoms with E-state index in [2.05, 4.69) is 4.98 Å². The first kappa shape index (κ1) is 18.9. The van der Waals surface area contributed by atoms with Crippen molar-refractivity contribution in [3.05, 3.63) is 76.4 Å². The Morgan fingerprint density at radius 3 is 2.83 bits per heavy atom. The number of amides is 1. The van der Waals surface area contributed by atoms with Gasteiger partial charge in [-0.25, -0.2) is 4.98 Å². The number of rotatable bonds is 6. The number of anilines is 1. The highest BCUT2D eigenvalue weighted by molar-refractivity contribution is 7.13. The molecule has 1 aliphatic rings. The van der Waals surface area contributed by atoms with E-state index in [4.69, 9.17) is 9.15 Å². The molecule has 1 aromatic carbocycles. The SMILES string of the molecule is CCOc1cccc([C@@H]2C(C(=O)c3ccc(C)o3)=C(O)C(=O)N2c2nccs2)c1. The first-order chi connectivity index (χ1) is 14.0. The maximum atomic E-state index is 13.2. The van der Waals surface area contributed by atoms with Crippen LogP contribution in [0.25, 0.3) is 0 Å². The van der Waals surface area contributed by atoms with E-state index in [1.165, 1.54) is 22.3 Å². The molecule has 0 aliphatic carbocycles. The Labute approximate surface area is 170 Å². The maximum Gasteiger partial charge on any atom is 0.296 e. The molecule has 0 unspecified atom stereocenters. The van der Waals surface area contributed by atoms with Crippen LogP contribution < -0.4 is 9.64 Å². The number of furan rings is 1. The Balaban J connectivity index is 1.86. The van der Waals surface area contributed by atoms with Gasteiger partial charge in [-0.1, -0.05) is 12.1 Å². The van der Waals surface area contributed by atoms with Crippen molar-refractivity contribution in [3.63, 3.8) is 0 Å². The van der Waals surface area contributed by atoms with Gasteiger partial charge in [0.05, 0.1) is 18.2 Å². The number of benzene rings is 1. The fourth-order valence-corrected chi connectivity index (χ4v) is 3.98. The van der Waals surface area contributed by atoms with Crippen molar-refractivity contribution in [2.75, 3.05) is 11.5 Å². The van der Waals surface area contributed by atoms with Crippen LogP contribution in [0.2, 0.25) is 0 Å². The molecular weight excluding hydrogens is 392 g/mol. The molecule has 0 spiro atoms. The summed E-state index contributed by atoms with van der Waals surface area (Å²) in [5.74, 6) is -0.615. The number of hydrogen-bond donors (Lipinski definition) is 1. The fraction of sp³-hybridized carbons (Fsp3) is 0.190. The average molecular weight is 410 g/mol. The number of aryl methyl sites for hydroxylation is 1. The molecule has 0 radical (unpaired) electrons. The number of thiazole rings is 1. The average Bonchev–Trinajstić information content (AvgIpc) is 3.43. The second kappa shape index (κ2) is 7.56. The number of carbonyl (C=O) groups excluding carboxylic acids is 2. The molecule has 1 amide bonds. The van der Waals surface area contributed by atoms with Crippen molar-refractivity contribution in [1.29, 1.82) is 0 Å². The highest BCUT2D eigenvalue weighted by Crippen LogP contribution is 2.43. The fourth-order valence-electron chi connectivity index (χ4n) is 3.32. The molecule has 0 fully saturated rings. The van der Waals surface area contributed by atoms with Crippen LogP contribution >= 0.6 is 11.3 Å². The number of ether oxygens (including phenoxy) is 1. The molecule has 2 aromatic heterocycles. The standard InChI is InChI=1S/C21H18N2O5S/c1-3-27-14-6-4-5-13(11-14)17-16(18(24)15-8-7-12(2)28-15)19(25)20(26)23(17)21-22-9-10-29-21/h4-11,17,25H,3H2,1-2H3/t17-/m1/s1. The van der Waals surface area contributed by atoms with E-state index in [0.29, 0.717) is 28.8 Å². The topological polar surface area (TPSA) is 92.9 Å². The van der Waals surface area contributed by atoms with E-state index in [0.717, 1.165) is 0 Å². The second-order valence-corrected chi connectivity index (χ2v) is 7.27. The Bertz CT molecular complexity index is 1100. The smallest absolute Gasteiger partial charge is 0.296 e. The number of aromatic nitrogens is 1. The molecule has 8 heteroatoms. The van der Waals surface area contributed by atoms with Gasteiger partial charge < -0.3 is 14.3 Å². The molecule has 0 saturated heterocycles. The van der Waals surface area contributed by atoms with Gasteiger partial charge in [0.1, 0.15) is 11.5 Å². The van der Waals surface area contributed by atoms with Crippen molar-refractivity contribution in [3.8, 4) is 5.75 Å². The summed E-state index contributed by atoms with van der Waals surface area (Å²) in [4.78, 5) is 31.6. The molecule has 1 aliphatic heterocycles. The summed E-state index contributed by atoms with van der Waals surface area (Å²) in [6, 6.07) is 9.43. The summed E-state index contributed by atoms with van der Waals surface area (Å²) in [5.41, 5.74) is 0.573. The van der Waals surface area contributed by atoms with E-state index in [-0.39, 0.29) is 11.3 Å². The highest BCUT2D eigenvalue weighted by Gasteiger charge is 2.46. The quantitative estimate of drug-likeness (QED) is 0.612. The zero-order valence-electron chi connectivity index (χ0n) is 15.8. The van der Waals surface area contributed by atoms with E-state index < -0.39 is 23.5 Å². The van der Waals surface area contributed by atoms with Crippen molar-refractivity contribution in [2.45, 2.75) is 19.9 Å². The van der Waals surface area contributed by atoms with E-state index in [9.17, 15) is 14.7 Å². The van der Waals surface area contributed by atoms with Crippen LogP contribution in [0.5, 0.6) is 5.75 Å². The Kier molecular flexibility index (Phi) is 4.94. The van der Waals surface area contributed by atoms with Gasteiger partial charge in [-0.2, -0.15) is 0 Å². The Morgan fingerprint density at radius 2 is 2.17 bits per heavy atom. The Hall–Kier alpha value is -3.39. The third-order valence-corrected chi connectivity index (χ3v) is 5.30. The zero-order valence-corrected chi connectivity index (χ0v) is 16.6. The van der Waals surface area contributed by atoms with Gasteiger partial charge in [0.2, 0.25) is 5.78 Å². The molecule has 7 nitrogen and oxygen atoms in total. The van der Waals surface area contributed by atoms with Crippen LogP contribution in [-0.2, 0) is 4.79 Å². The number of nitrogens with zero attached hydrogens (tertiary/aromatic N) is 2. The summed E-state index contributed by atoms with van der Waals surface area (Å²) in [6.07, 6.45) is 1.56. The lowest BCUT2D eigenvalue weighted by Crippen LogP contribution is -2.30. The van der Waals surface area contributed by atoms with Crippen LogP contribution in [0.15, 0.2) is 63.7 Å². The highest BCUT2D eigenvalue weighted by atomic mass is 32.1. The van der Waals surface area contributed by atoms with Gasteiger partial charge in [-0.15, -0.1) is 11.3 Å². The van der Waals surface area contributed by atoms with Crippen LogP contribution in [0, 0.1) is 6.92 Å². The number of Topliss-reactive ketones (excluding diaryl/α,β-unsaturated/α-hetero) is 1. The van der Waals surface area contributed by atoms with Gasteiger partial charge in [-0.05, 0) is 43.7 Å². The van der Waals surface area contributed by atoms with Gasteiger partial charge in [0.25, 0.3) is 5.91 Å². The first-order valence-corrected chi connectivity index (χ1v) is 9.89. The zero-order chi connectivity index (χ0) is 20.5. The minimum Gasteiger partial charge on any atom is -0.503 e. The van der Waals surface area contributed by atoms with Crippen molar-refractivity contribution in [2.24, 2.45) is 0 Å². The van der Waals surface area contributed by atoms with Crippen molar-refractivity contribution >= 4 is 28.2 Å². The molecule has 0 bridgehead atoms. The summed E-state index contributed by atoms with van der Waals surface area (Å²) in [6.45, 7) is 4.06. The monoisotopic (exact) mass is 410 g/mol. The summed E-state index contributed by atoms with van der Waals surface area (Å²) in [7, 11) is 0. The lowest BCUT2D eigenvalue weighted by Gasteiger charge is -2.24. The number of carbonyl (C=O) groups is 2. The number of hydrogen-bond acceptors (Lipinski definition) is 7. The van der Waals surface area contributed by atoms with E-state index >= 15 is 0 Å². The van der Waals surface area contributed by atoms with Crippen LogP contribution in [0.1, 0.15) is 34.8 Å². The number of aliphatic hydroxyl groups is 1. The third kappa shape index (κ3) is 3.31. The van der Waals surface area contributed by atoms with Gasteiger partial charge in [0, 0.05) is 11.6 Å². The minimum absolute atomic E-state index is 0.0480. The lowest BCUT2D eigenvalue weighted by molar-refractivity contribution is -0.117. The Morgan fingerprint density at radius 1 is 1.34 bits per heavy atom. The molecule has 29 heavy (non-hydrogen) atoms. The predicted molar refractivity (Wildman–Crippen MR) is 107 cm³/mol. The van der Waals surface area contributed by atoms with Crippen LogP contribution in [0.3, 0.4) is 0 Å². The molecule has 0 saturated carbocycles.